The van der Waals surface area contributed by atoms with Gasteiger partial charge in [-0.05, 0) is 51.7 Å². The lowest BCUT2D eigenvalue weighted by atomic mass is 9.96. The highest BCUT2D eigenvalue weighted by Gasteiger charge is 2.24. The number of aryl methyl sites for hydroxylation is 2. The van der Waals surface area contributed by atoms with Gasteiger partial charge in [0.25, 0.3) is 0 Å². The van der Waals surface area contributed by atoms with Crippen LogP contribution >= 0.6 is 0 Å². The third kappa shape index (κ3) is 5.08. The Bertz CT molecular complexity index is 625. The van der Waals surface area contributed by atoms with Crippen LogP contribution in [0.25, 0.3) is 5.70 Å². The first-order valence-corrected chi connectivity index (χ1v) is 8.17. The lowest BCUT2D eigenvalue weighted by molar-refractivity contribution is -0.114. The molecule has 0 bridgehead atoms. The molecule has 6 heteroatoms. The predicted molar refractivity (Wildman–Crippen MR) is 95.7 cm³/mol. The van der Waals surface area contributed by atoms with Crippen LogP contribution < -0.4 is 11.5 Å². The summed E-state index contributed by atoms with van der Waals surface area (Å²) in [6.07, 6.45) is 2.64. The molecule has 132 valence electrons. The van der Waals surface area contributed by atoms with Crippen LogP contribution in [0.15, 0.2) is 17.7 Å². The van der Waals surface area contributed by atoms with Crippen molar-refractivity contribution in [3.05, 3.63) is 34.7 Å². The number of pyridine rings is 1. The van der Waals surface area contributed by atoms with Gasteiger partial charge in [0.1, 0.15) is 0 Å². The van der Waals surface area contributed by atoms with E-state index in [2.05, 4.69) is 28.6 Å². The Morgan fingerprint density at radius 1 is 1.38 bits per heavy atom. The van der Waals surface area contributed by atoms with Gasteiger partial charge in [0.05, 0.1) is 5.70 Å². The standard InChI is InChI=1S/C17H25N3O.CH3NO/c1-11-6-5-9-20(10-11)16(13(3)17(18)21)15-8-7-12(2)19-14(15)4;2-1-3/h7-8,11H,5-6,9-10H2,1-4H3,(H2,18,21);1H,(H2,2,3)/b16-13-;. The Labute approximate surface area is 143 Å². The summed E-state index contributed by atoms with van der Waals surface area (Å²) in [6, 6.07) is 4.04. The molecule has 1 aromatic rings. The van der Waals surface area contributed by atoms with Gasteiger partial charge in [-0.3, -0.25) is 14.6 Å². The summed E-state index contributed by atoms with van der Waals surface area (Å²) >= 11 is 0. The largest absolute Gasteiger partial charge is 0.372 e. The summed E-state index contributed by atoms with van der Waals surface area (Å²) in [7, 11) is 0. The van der Waals surface area contributed by atoms with Crippen molar-refractivity contribution in [1.82, 2.24) is 9.88 Å². The Morgan fingerprint density at radius 2 is 2.00 bits per heavy atom. The summed E-state index contributed by atoms with van der Waals surface area (Å²) < 4.78 is 0. The molecule has 6 nitrogen and oxygen atoms in total. The van der Waals surface area contributed by atoms with Gasteiger partial charge in [-0.1, -0.05) is 6.92 Å². The Balaban J connectivity index is 0.000000891. The zero-order chi connectivity index (χ0) is 18.3. The van der Waals surface area contributed by atoms with Crippen molar-refractivity contribution >= 4 is 18.0 Å². The average molecular weight is 332 g/mol. The summed E-state index contributed by atoms with van der Waals surface area (Å²) in [5, 5.41) is 0. The van der Waals surface area contributed by atoms with Crippen LogP contribution in [0.1, 0.15) is 43.6 Å². The first-order chi connectivity index (χ1) is 11.3. The molecular formula is C18H28N4O2. The monoisotopic (exact) mass is 332 g/mol. The number of piperidine rings is 1. The number of rotatable bonds is 3. The minimum atomic E-state index is -0.358. The van der Waals surface area contributed by atoms with Crippen molar-refractivity contribution < 1.29 is 9.59 Å². The van der Waals surface area contributed by atoms with Gasteiger partial charge >= 0.3 is 0 Å². The van der Waals surface area contributed by atoms with Crippen LogP contribution in [0.2, 0.25) is 0 Å². The highest BCUT2D eigenvalue weighted by atomic mass is 16.1. The maximum Gasteiger partial charge on any atom is 0.246 e. The van der Waals surface area contributed by atoms with Crippen LogP contribution in [0, 0.1) is 19.8 Å². The number of nitrogens with zero attached hydrogens (tertiary/aromatic N) is 2. The molecule has 1 atom stereocenters. The van der Waals surface area contributed by atoms with Crippen LogP contribution in [0.3, 0.4) is 0 Å². The number of carbonyl (C=O) groups is 2. The first kappa shape index (κ1) is 19.7. The van der Waals surface area contributed by atoms with E-state index in [1.165, 1.54) is 6.42 Å². The minimum Gasteiger partial charge on any atom is -0.372 e. The lowest BCUT2D eigenvalue weighted by Crippen LogP contribution is -2.35. The van der Waals surface area contributed by atoms with Crippen molar-refractivity contribution in [2.24, 2.45) is 17.4 Å². The maximum absolute atomic E-state index is 11.7. The Morgan fingerprint density at radius 3 is 2.50 bits per heavy atom. The van der Waals surface area contributed by atoms with Crippen molar-refractivity contribution in [1.29, 1.82) is 0 Å². The number of amides is 2. The molecule has 1 unspecified atom stereocenters. The molecule has 1 aliphatic heterocycles. The second-order valence-electron chi connectivity index (χ2n) is 6.25. The van der Waals surface area contributed by atoms with Gasteiger partial charge in [0.2, 0.25) is 12.3 Å². The van der Waals surface area contributed by atoms with E-state index in [4.69, 9.17) is 10.5 Å². The number of primary amides is 2. The lowest BCUT2D eigenvalue weighted by Gasteiger charge is -2.36. The molecule has 0 aromatic carbocycles. The fourth-order valence-corrected chi connectivity index (χ4v) is 3.06. The molecule has 4 N–H and O–H groups in total. The maximum atomic E-state index is 11.7. The second-order valence-corrected chi connectivity index (χ2v) is 6.25. The van der Waals surface area contributed by atoms with Gasteiger partial charge in [-0.2, -0.15) is 0 Å². The normalized spacial score (nSPS) is 18.2. The fraction of sp³-hybridized carbons (Fsp3) is 0.500. The SMILES string of the molecule is C/C(C(N)=O)=C(\c1ccc(C)nc1C)N1CCCC(C)C1.NC=O. The van der Waals surface area contributed by atoms with Crippen LogP contribution in [-0.4, -0.2) is 35.3 Å². The summed E-state index contributed by atoms with van der Waals surface area (Å²) in [5.74, 6) is 0.274. The number of carbonyl (C=O) groups excluding carboxylic acids is 2. The third-order valence-electron chi connectivity index (χ3n) is 4.18. The van der Waals surface area contributed by atoms with E-state index in [1.807, 2.05) is 26.8 Å². The van der Waals surface area contributed by atoms with Crippen molar-refractivity contribution in [3.8, 4) is 0 Å². The van der Waals surface area contributed by atoms with E-state index in [1.54, 1.807) is 0 Å². The van der Waals surface area contributed by atoms with Gasteiger partial charge in [0.15, 0.2) is 0 Å². The van der Waals surface area contributed by atoms with Crippen LogP contribution in [-0.2, 0) is 9.59 Å². The highest BCUT2D eigenvalue weighted by molar-refractivity contribution is 5.99. The van der Waals surface area contributed by atoms with Gasteiger partial charge in [-0.15, -0.1) is 0 Å². The molecule has 1 aromatic heterocycles. The molecule has 2 heterocycles. The van der Waals surface area contributed by atoms with Gasteiger partial charge in [0, 0.05) is 35.6 Å². The van der Waals surface area contributed by atoms with Crippen LogP contribution in [0.4, 0.5) is 0 Å². The molecule has 24 heavy (non-hydrogen) atoms. The van der Waals surface area contributed by atoms with Gasteiger partial charge in [-0.25, -0.2) is 0 Å². The predicted octanol–water partition coefficient (Wildman–Crippen LogP) is 1.75. The van der Waals surface area contributed by atoms with E-state index in [0.29, 0.717) is 11.5 Å². The first-order valence-electron chi connectivity index (χ1n) is 8.17. The topological polar surface area (TPSA) is 102 Å². The molecular weight excluding hydrogens is 304 g/mol. The Kier molecular flexibility index (Phi) is 7.42. The zero-order valence-corrected chi connectivity index (χ0v) is 15.0. The number of aromatic nitrogens is 1. The quantitative estimate of drug-likeness (QED) is 0.650. The molecule has 1 saturated heterocycles. The van der Waals surface area contributed by atoms with E-state index < -0.39 is 0 Å². The molecule has 2 amide bonds. The summed E-state index contributed by atoms with van der Waals surface area (Å²) in [5.41, 5.74) is 14.3. The number of hydrogen-bond acceptors (Lipinski definition) is 4. The third-order valence-corrected chi connectivity index (χ3v) is 4.18. The number of nitrogens with two attached hydrogens (primary N) is 2. The molecule has 1 fully saturated rings. The second kappa shape index (κ2) is 9.05. The molecule has 1 aliphatic rings. The van der Waals surface area contributed by atoms with Crippen LogP contribution in [0.5, 0.6) is 0 Å². The Hall–Kier alpha value is -2.37. The van der Waals surface area contributed by atoms with Crippen molar-refractivity contribution in [2.45, 2.75) is 40.5 Å². The molecule has 0 radical (unpaired) electrons. The van der Waals surface area contributed by atoms with Crippen molar-refractivity contribution in [3.63, 3.8) is 0 Å². The minimum absolute atomic E-state index is 0.250. The summed E-state index contributed by atoms with van der Waals surface area (Å²) in [4.78, 5) is 27.2. The molecule has 2 rings (SSSR count). The number of likely N-dealkylation sites (tertiary alicyclic amines) is 1. The molecule has 0 spiro atoms. The average Bonchev–Trinajstić information content (AvgIpc) is 2.50. The molecule has 0 aliphatic carbocycles. The fourth-order valence-electron chi connectivity index (χ4n) is 3.06. The van der Waals surface area contributed by atoms with Gasteiger partial charge < -0.3 is 16.4 Å². The zero-order valence-electron chi connectivity index (χ0n) is 15.0. The van der Waals surface area contributed by atoms with E-state index in [9.17, 15) is 4.79 Å². The van der Waals surface area contributed by atoms with E-state index in [0.717, 1.165) is 42.2 Å². The summed E-state index contributed by atoms with van der Waals surface area (Å²) in [6.45, 7) is 9.97. The van der Waals surface area contributed by atoms with Crippen molar-refractivity contribution in [2.75, 3.05) is 13.1 Å². The van der Waals surface area contributed by atoms with E-state index in [-0.39, 0.29) is 12.3 Å². The smallest absolute Gasteiger partial charge is 0.246 e. The number of hydrogen-bond donors (Lipinski definition) is 2. The van der Waals surface area contributed by atoms with E-state index >= 15 is 0 Å². The highest BCUT2D eigenvalue weighted by Crippen LogP contribution is 2.30. The molecule has 0 saturated carbocycles.